The molecule has 0 aromatic heterocycles. The van der Waals surface area contributed by atoms with Crippen molar-refractivity contribution in [2.24, 2.45) is 17.1 Å². The highest BCUT2D eigenvalue weighted by atomic mass is 15.1. The second-order valence-electron chi connectivity index (χ2n) is 6.93. The fourth-order valence-corrected chi connectivity index (χ4v) is 4.13. The number of nitrogens with two attached hydrogens (primary N) is 1. The third-order valence-corrected chi connectivity index (χ3v) is 4.81. The molecule has 0 saturated heterocycles. The van der Waals surface area contributed by atoms with Gasteiger partial charge in [-0.1, -0.05) is 33.6 Å². The van der Waals surface area contributed by atoms with Crippen molar-refractivity contribution in [1.29, 1.82) is 0 Å². The van der Waals surface area contributed by atoms with E-state index in [9.17, 15) is 0 Å². The highest BCUT2D eigenvalue weighted by molar-refractivity contribution is 5.06. The predicted molar refractivity (Wildman–Crippen MR) is 69.4 cm³/mol. The maximum Gasteiger partial charge on any atom is 0.0337 e. The van der Waals surface area contributed by atoms with Crippen molar-refractivity contribution in [3.05, 3.63) is 0 Å². The standard InChI is InChI=1S/C14H28N2/c1-11-8-13(2,3)9-14(11,10-15)16-12-6-4-5-7-12/h11-12,16H,4-10,15H2,1-3H3. The molecular formula is C14H28N2. The van der Waals surface area contributed by atoms with Gasteiger partial charge in [0.2, 0.25) is 0 Å². The molecule has 0 heterocycles. The van der Waals surface area contributed by atoms with Crippen molar-refractivity contribution in [2.75, 3.05) is 6.54 Å². The molecule has 3 N–H and O–H groups in total. The molecule has 0 aliphatic heterocycles. The van der Waals surface area contributed by atoms with Crippen LogP contribution in [-0.2, 0) is 0 Å². The van der Waals surface area contributed by atoms with Crippen LogP contribution in [-0.4, -0.2) is 18.1 Å². The van der Waals surface area contributed by atoms with Crippen LogP contribution in [0.5, 0.6) is 0 Å². The van der Waals surface area contributed by atoms with E-state index in [1.807, 2.05) is 0 Å². The maximum absolute atomic E-state index is 6.10. The Balaban J connectivity index is 2.06. The molecule has 2 atom stereocenters. The average Bonchev–Trinajstić information content (AvgIpc) is 2.74. The van der Waals surface area contributed by atoms with E-state index in [0.29, 0.717) is 11.3 Å². The minimum Gasteiger partial charge on any atom is -0.329 e. The van der Waals surface area contributed by atoms with Crippen LogP contribution >= 0.6 is 0 Å². The zero-order valence-electron chi connectivity index (χ0n) is 11.2. The predicted octanol–water partition coefficient (Wildman–Crippen LogP) is 2.67. The molecule has 2 aliphatic carbocycles. The lowest BCUT2D eigenvalue weighted by molar-refractivity contribution is 0.227. The van der Waals surface area contributed by atoms with E-state index in [1.54, 1.807) is 0 Å². The molecule has 0 radical (unpaired) electrons. The van der Waals surface area contributed by atoms with Crippen molar-refractivity contribution in [1.82, 2.24) is 5.32 Å². The fraction of sp³-hybridized carbons (Fsp3) is 1.00. The second kappa shape index (κ2) is 4.30. The van der Waals surface area contributed by atoms with Crippen LogP contribution in [0.25, 0.3) is 0 Å². The molecule has 0 amide bonds. The summed E-state index contributed by atoms with van der Waals surface area (Å²) < 4.78 is 0. The highest BCUT2D eigenvalue weighted by Gasteiger charge is 2.48. The first-order chi connectivity index (χ1) is 7.47. The summed E-state index contributed by atoms with van der Waals surface area (Å²) in [4.78, 5) is 0. The summed E-state index contributed by atoms with van der Waals surface area (Å²) in [6, 6.07) is 0.736. The van der Waals surface area contributed by atoms with E-state index in [0.717, 1.165) is 12.6 Å². The Bertz CT molecular complexity index is 243. The maximum atomic E-state index is 6.10. The molecule has 0 aromatic rings. The van der Waals surface area contributed by atoms with Crippen LogP contribution in [0.1, 0.15) is 59.3 Å². The summed E-state index contributed by atoms with van der Waals surface area (Å²) in [6.07, 6.45) is 8.06. The summed E-state index contributed by atoms with van der Waals surface area (Å²) >= 11 is 0. The van der Waals surface area contributed by atoms with Gasteiger partial charge in [0.15, 0.2) is 0 Å². The average molecular weight is 224 g/mol. The Labute approximate surface area is 100 Å². The molecule has 2 rings (SSSR count). The second-order valence-corrected chi connectivity index (χ2v) is 6.93. The van der Waals surface area contributed by atoms with Gasteiger partial charge in [-0.15, -0.1) is 0 Å². The number of hydrogen-bond donors (Lipinski definition) is 2. The molecule has 2 aliphatic rings. The first-order valence-electron chi connectivity index (χ1n) is 6.95. The molecule has 2 heteroatoms. The van der Waals surface area contributed by atoms with E-state index in [4.69, 9.17) is 5.73 Å². The van der Waals surface area contributed by atoms with E-state index in [-0.39, 0.29) is 5.54 Å². The monoisotopic (exact) mass is 224 g/mol. The van der Waals surface area contributed by atoms with E-state index >= 15 is 0 Å². The van der Waals surface area contributed by atoms with Gasteiger partial charge in [0.05, 0.1) is 0 Å². The Morgan fingerprint density at radius 2 is 1.88 bits per heavy atom. The molecule has 94 valence electrons. The molecule has 0 spiro atoms. The number of nitrogens with one attached hydrogen (secondary N) is 1. The SMILES string of the molecule is CC1CC(C)(C)CC1(CN)NC1CCCC1. The Morgan fingerprint density at radius 1 is 1.25 bits per heavy atom. The quantitative estimate of drug-likeness (QED) is 0.773. The molecule has 2 unspecified atom stereocenters. The first kappa shape index (κ1) is 12.4. The normalized spacial score (nSPS) is 39.4. The topological polar surface area (TPSA) is 38.0 Å². The lowest BCUT2D eigenvalue weighted by atomic mass is 9.85. The van der Waals surface area contributed by atoms with E-state index in [2.05, 4.69) is 26.1 Å². The first-order valence-corrected chi connectivity index (χ1v) is 6.95. The number of rotatable bonds is 3. The fourth-order valence-electron chi connectivity index (χ4n) is 4.13. The van der Waals surface area contributed by atoms with E-state index < -0.39 is 0 Å². The van der Waals surface area contributed by atoms with Gasteiger partial charge in [0.1, 0.15) is 0 Å². The molecule has 0 bridgehead atoms. The van der Waals surface area contributed by atoms with Crippen molar-refractivity contribution in [3.8, 4) is 0 Å². The van der Waals surface area contributed by atoms with Gasteiger partial charge < -0.3 is 11.1 Å². The van der Waals surface area contributed by atoms with Crippen LogP contribution in [0.4, 0.5) is 0 Å². The van der Waals surface area contributed by atoms with Gasteiger partial charge in [-0.3, -0.25) is 0 Å². The van der Waals surface area contributed by atoms with Crippen molar-refractivity contribution < 1.29 is 0 Å². The molecular weight excluding hydrogens is 196 g/mol. The van der Waals surface area contributed by atoms with E-state index in [1.165, 1.54) is 38.5 Å². The molecule has 2 fully saturated rings. The summed E-state index contributed by atoms with van der Waals surface area (Å²) in [5.74, 6) is 0.716. The van der Waals surface area contributed by atoms with Gasteiger partial charge in [0.25, 0.3) is 0 Å². The molecule has 2 saturated carbocycles. The highest BCUT2D eigenvalue weighted by Crippen LogP contribution is 2.47. The minimum absolute atomic E-state index is 0.221. The molecule has 16 heavy (non-hydrogen) atoms. The largest absolute Gasteiger partial charge is 0.329 e. The lowest BCUT2D eigenvalue weighted by Crippen LogP contribution is -2.56. The van der Waals surface area contributed by atoms with Crippen LogP contribution in [0.15, 0.2) is 0 Å². The molecule has 0 aromatic carbocycles. The van der Waals surface area contributed by atoms with Crippen molar-refractivity contribution >= 4 is 0 Å². The Morgan fingerprint density at radius 3 is 2.31 bits per heavy atom. The lowest BCUT2D eigenvalue weighted by Gasteiger charge is -2.37. The van der Waals surface area contributed by atoms with Crippen LogP contribution in [0.2, 0.25) is 0 Å². The zero-order valence-corrected chi connectivity index (χ0v) is 11.2. The van der Waals surface area contributed by atoms with Gasteiger partial charge >= 0.3 is 0 Å². The summed E-state index contributed by atoms with van der Waals surface area (Å²) in [7, 11) is 0. The molecule has 2 nitrogen and oxygen atoms in total. The number of hydrogen-bond acceptors (Lipinski definition) is 2. The third kappa shape index (κ3) is 2.28. The summed E-state index contributed by atoms with van der Waals surface area (Å²) in [5.41, 5.74) is 6.78. The van der Waals surface area contributed by atoms with Crippen molar-refractivity contribution in [2.45, 2.75) is 70.9 Å². The van der Waals surface area contributed by atoms with Gasteiger partial charge in [-0.2, -0.15) is 0 Å². The smallest absolute Gasteiger partial charge is 0.0337 e. The summed E-state index contributed by atoms with van der Waals surface area (Å²) in [6.45, 7) is 7.95. The Kier molecular flexibility index (Phi) is 3.33. The summed E-state index contributed by atoms with van der Waals surface area (Å²) in [5, 5.41) is 3.92. The Hall–Kier alpha value is -0.0800. The van der Waals surface area contributed by atoms with Gasteiger partial charge in [0, 0.05) is 18.1 Å². The van der Waals surface area contributed by atoms with Crippen LogP contribution < -0.4 is 11.1 Å². The van der Waals surface area contributed by atoms with Gasteiger partial charge in [-0.05, 0) is 37.0 Å². The van der Waals surface area contributed by atoms with Crippen molar-refractivity contribution in [3.63, 3.8) is 0 Å². The zero-order chi connectivity index (χ0) is 11.8. The minimum atomic E-state index is 0.221. The van der Waals surface area contributed by atoms with Crippen LogP contribution in [0, 0.1) is 11.3 Å². The van der Waals surface area contributed by atoms with Gasteiger partial charge in [-0.25, -0.2) is 0 Å². The third-order valence-electron chi connectivity index (χ3n) is 4.81. The van der Waals surface area contributed by atoms with Crippen LogP contribution in [0.3, 0.4) is 0 Å².